The van der Waals surface area contributed by atoms with Gasteiger partial charge in [-0.1, -0.05) is 0 Å². The van der Waals surface area contributed by atoms with Crippen LogP contribution in [-0.2, 0) is 16.1 Å². The predicted octanol–water partition coefficient (Wildman–Crippen LogP) is 0.306. The Hall–Kier alpha value is -2.24. The maximum Gasteiger partial charge on any atom is 0.270 e. The molecule has 1 aliphatic heterocycles. The van der Waals surface area contributed by atoms with E-state index < -0.39 is 0 Å². The molecule has 1 N–H and O–H groups in total. The van der Waals surface area contributed by atoms with E-state index in [9.17, 15) is 9.59 Å². The molecule has 0 saturated carbocycles. The van der Waals surface area contributed by atoms with E-state index in [0.29, 0.717) is 25.1 Å². The minimum absolute atomic E-state index is 0.150. The highest BCUT2D eigenvalue weighted by Crippen LogP contribution is 2.06. The zero-order chi connectivity index (χ0) is 13.0. The third kappa shape index (κ3) is 2.91. The molecular formula is C12H14N4O2. The Morgan fingerprint density at radius 2 is 2.11 bits per heavy atom. The number of hydrazone groups is 1. The Labute approximate surface area is 105 Å². The van der Waals surface area contributed by atoms with Gasteiger partial charge in [-0.15, -0.1) is 0 Å². The highest BCUT2D eigenvalue weighted by Gasteiger charge is 2.21. The topological polar surface area (TPSA) is 74.7 Å². The second-order valence-electron chi connectivity index (χ2n) is 4.11. The standard InChI is InChI=1S/C12H14N4O2/c1-16(8-9-4-6-13-7-5-9)12(18)10-2-3-11(17)15-14-10/h4-7H,2-3,8H2,1H3,(H,15,17). The molecule has 18 heavy (non-hydrogen) atoms. The molecular weight excluding hydrogens is 232 g/mol. The maximum atomic E-state index is 12.0. The predicted molar refractivity (Wildman–Crippen MR) is 65.5 cm³/mol. The molecule has 0 spiro atoms. The molecule has 1 aromatic heterocycles. The molecule has 1 aromatic rings. The molecule has 0 unspecified atom stereocenters. The van der Waals surface area contributed by atoms with Crippen molar-refractivity contribution >= 4 is 17.5 Å². The number of carbonyl (C=O) groups excluding carboxylic acids is 2. The van der Waals surface area contributed by atoms with Gasteiger partial charge >= 0.3 is 0 Å². The Morgan fingerprint density at radius 1 is 1.39 bits per heavy atom. The molecule has 2 rings (SSSR count). The van der Waals surface area contributed by atoms with E-state index in [1.807, 2.05) is 12.1 Å². The average Bonchev–Trinajstić information content (AvgIpc) is 2.40. The van der Waals surface area contributed by atoms with E-state index in [0.717, 1.165) is 5.56 Å². The quantitative estimate of drug-likeness (QED) is 0.833. The molecule has 1 aliphatic rings. The van der Waals surface area contributed by atoms with Gasteiger partial charge in [0, 0.05) is 38.8 Å². The molecule has 0 bridgehead atoms. The lowest BCUT2D eigenvalue weighted by Gasteiger charge is -2.19. The van der Waals surface area contributed by atoms with Crippen molar-refractivity contribution in [2.45, 2.75) is 19.4 Å². The second-order valence-corrected chi connectivity index (χ2v) is 4.11. The summed E-state index contributed by atoms with van der Waals surface area (Å²) in [6, 6.07) is 3.71. The van der Waals surface area contributed by atoms with Gasteiger partial charge in [0.05, 0.1) is 0 Å². The summed E-state index contributed by atoms with van der Waals surface area (Å²) in [5.74, 6) is -0.310. The van der Waals surface area contributed by atoms with Crippen LogP contribution in [0.15, 0.2) is 29.6 Å². The van der Waals surface area contributed by atoms with Crippen molar-refractivity contribution in [1.82, 2.24) is 15.3 Å². The zero-order valence-electron chi connectivity index (χ0n) is 10.1. The van der Waals surface area contributed by atoms with E-state index >= 15 is 0 Å². The first-order valence-corrected chi connectivity index (χ1v) is 5.66. The fraction of sp³-hybridized carbons (Fsp3) is 0.333. The Bertz CT molecular complexity index is 484. The Kier molecular flexibility index (Phi) is 3.66. The first-order valence-electron chi connectivity index (χ1n) is 5.66. The molecule has 0 atom stereocenters. The van der Waals surface area contributed by atoms with E-state index in [1.165, 1.54) is 0 Å². The van der Waals surface area contributed by atoms with Crippen LogP contribution in [0.3, 0.4) is 0 Å². The minimum Gasteiger partial charge on any atom is -0.336 e. The third-order valence-electron chi connectivity index (χ3n) is 2.67. The summed E-state index contributed by atoms with van der Waals surface area (Å²) in [5, 5.41) is 3.79. The Balaban J connectivity index is 1.99. The largest absolute Gasteiger partial charge is 0.336 e. The molecule has 0 aromatic carbocycles. The smallest absolute Gasteiger partial charge is 0.270 e. The lowest BCUT2D eigenvalue weighted by Crippen LogP contribution is -2.37. The van der Waals surface area contributed by atoms with Gasteiger partial charge in [-0.05, 0) is 17.7 Å². The molecule has 2 amide bonds. The molecule has 0 saturated heterocycles. The summed E-state index contributed by atoms with van der Waals surface area (Å²) < 4.78 is 0. The number of aromatic nitrogens is 1. The van der Waals surface area contributed by atoms with Gasteiger partial charge < -0.3 is 4.90 Å². The number of rotatable bonds is 3. The van der Waals surface area contributed by atoms with Crippen LogP contribution >= 0.6 is 0 Å². The van der Waals surface area contributed by atoms with Crippen LogP contribution in [0.4, 0.5) is 0 Å². The third-order valence-corrected chi connectivity index (χ3v) is 2.67. The average molecular weight is 246 g/mol. The number of hydrogen-bond donors (Lipinski definition) is 1. The lowest BCUT2D eigenvalue weighted by molar-refractivity contribution is -0.124. The van der Waals surface area contributed by atoms with Crippen molar-refractivity contribution in [2.24, 2.45) is 5.10 Å². The highest BCUT2D eigenvalue weighted by atomic mass is 16.2. The molecule has 6 nitrogen and oxygen atoms in total. The first-order chi connectivity index (χ1) is 8.66. The number of amides is 2. The van der Waals surface area contributed by atoms with Gasteiger partial charge in [-0.2, -0.15) is 5.10 Å². The van der Waals surface area contributed by atoms with Crippen LogP contribution < -0.4 is 5.43 Å². The van der Waals surface area contributed by atoms with Crippen LogP contribution in [0.2, 0.25) is 0 Å². The Morgan fingerprint density at radius 3 is 2.72 bits per heavy atom. The number of nitrogens with zero attached hydrogens (tertiary/aromatic N) is 3. The van der Waals surface area contributed by atoms with E-state index in [1.54, 1.807) is 24.3 Å². The molecule has 0 fully saturated rings. The van der Waals surface area contributed by atoms with Crippen LogP contribution in [0.1, 0.15) is 18.4 Å². The van der Waals surface area contributed by atoms with Gasteiger partial charge in [-0.25, -0.2) is 5.43 Å². The fourth-order valence-corrected chi connectivity index (χ4v) is 1.68. The summed E-state index contributed by atoms with van der Waals surface area (Å²) in [7, 11) is 1.71. The summed E-state index contributed by atoms with van der Waals surface area (Å²) in [6.07, 6.45) is 4.08. The SMILES string of the molecule is CN(Cc1ccncc1)C(=O)C1=NNC(=O)CC1. The van der Waals surface area contributed by atoms with Crippen molar-refractivity contribution in [1.29, 1.82) is 0 Å². The summed E-state index contributed by atoms with van der Waals surface area (Å²) in [4.78, 5) is 28.5. The fourth-order valence-electron chi connectivity index (χ4n) is 1.68. The lowest BCUT2D eigenvalue weighted by atomic mass is 10.1. The summed E-state index contributed by atoms with van der Waals surface area (Å²) in [5.41, 5.74) is 3.72. The first kappa shape index (κ1) is 12.2. The highest BCUT2D eigenvalue weighted by molar-refractivity contribution is 6.39. The van der Waals surface area contributed by atoms with Crippen molar-refractivity contribution in [3.63, 3.8) is 0 Å². The summed E-state index contributed by atoms with van der Waals surface area (Å²) in [6.45, 7) is 0.494. The molecule has 6 heteroatoms. The number of hydrogen-bond acceptors (Lipinski definition) is 4. The normalized spacial score (nSPS) is 14.7. The van der Waals surface area contributed by atoms with Crippen molar-refractivity contribution in [3.05, 3.63) is 30.1 Å². The van der Waals surface area contributed by atoms with Crippen molar-refractivity contribution < 1.29 is 9.59 Å². The summed E-state index contributed by atoms with van der Waals surface area (Å²) >= 11 is 0. The van der Waals surface area contributed by atoms with Crippen LogP contribution in [0, 0.1) is 0 Å². The van der Waals surface area contributed by atoms with E-state index in [2.05, 4.69) is 15.5 Å². The second kappa shape index (κ2) is 5.39. The molecule has 0 aliphatic carbocycles. The molecule has 2 heterocycles. The monoisotopic (exact) mass is 246 g/mol. The van der Waals surface area contributed by atoms with E-state index in [4.69, 9.17) is 0 Å². The number of pyridine rings is 1. The minimum atomic E-state index is -0.160. The van der Waals surface area contributed by atoms with Crippen LogP contribution in [0.5, 0.6) is 0 Å². The van der Waals surface area contributed by atoms with Crippen molar-refractivity contribution in [2.75, 3.05) is 7.05 Å². The van der Waals surface area contributed by atoms with Gasteiger partial charge in [-0.3, -0.25) is 14.6 Å². The molecule has 94 valence electrons. The van der Waals surface area contributed by atoms with Crippen LogP contribution in [0.25, 0.3) is 0 Å². The van der Waals surface area contributed by atoms with Crippen molar-refractivity contribution in [3.8, 4) is 0 Å². The number of nitrogens with one attached hydrogen (secondary N) is 1. The molecule has 0 radical (unpaired) electrons. The van der Waals surface area contributed by atoms with E-state index in [-0.39, 0.29) is 11.8 Å². The van der Waals surface area contributed by atoms with Gasteiger partial charge in [0.1, 0.15) is 5.71 Å². The van der Waals surface area contributed by atoms with Gasteiger partial charge in [0.15, 0.2) is 0 Å². The maximum absolute atomic E-state index is 12.0. The number of carbonyl (C=O) groups is 2. The van der Waals surface area contributed by atoms with Gasteiger partial charge in [0.2, 0.25) is 5.91 Å². The van der Waals surface area contributed by atoms with Crippen LogP contribution in [-0.4, -0.2) is 34.5 Å². The zero-order valence-corrected chi connectivity index (χ0v) is 10.1. The van der Waals surface area contributed by atoms with Gasteiger partial charge in [0.25, 0.3) is 5.91 Å².